The number of hydrogen-bond donors (Lipinski definition) is 3. The second-order valence-corrected chi connectivity index (χ2v) is 11.0. The highest BCUT2D eigenvalue weighted by molar-refractivity contribution is 6.03. The third-order valence-corrected chi connectivity index (χ3v) is 7.21. The molecule has 2 heterocycles. The van der Waals surface area contributed by atoms with Crippen molar-refractivity contribution >= 4 is 39.7 Å². The first-order valence-corrected chi connectivity index (χ1v) is 13.9. The number of ether oxygens (including phenoxy) is 2. The van der Waals surface area contributed by atoms with Crippen LogP contribution in [0.15, 0.2) is 67.0 Å². The molecule has 5 aromatic rings. The van der Waals surface area contributed by atoms with Crippen LogP contribution in [0.5, 0.6) is 11.5 Å². The summed E-state index contributed by atoms with van der Waals surface area (Å²) < 4.78 is 11.6. The van der Waals surface area contributed by atoms with Crippen LogP contribution >= 0.6 is 0 Å². The lowest BCUT2D eigenvalue weighted by atomic mass is 10.1. The maximum atomic E-state index is 13.4. The zero-order chi connectivity index (χ0) is 30.7. The van der Waals surface area contributed by atoms with Crippen molar-refractivity contribution < 1.29 is 29.0 Å². The number of carboxylic acids is 1. The second-order valence-electron chi connectivity index (χ2n) is 11.0. The van der Waals surface area contributed by atoms with Crippen LogP contribution < -0.4 is 9.47 Å². The number of carbonyl (C=O) groups excluding carboxylic acids is 2. The predicted molar refractivity (Wildman–Crippen MR) is 164 cm³/mol. The van der Waals surface area contributed by atoms with E-state index >= 15 is 0 Å². The van der Waals surface area contributed by atoms with E-state index in [1.807, 2.05) is 52.7 Å². The Labute approximate surface area is 248 Å². The fourth-order valence-electron chi connectivity index (χ4n) is 5.00. The fraction of sp³-hybridized carbons (Fsp3) is 0.242. The van der Waals surface area contributed by atoms with Gasteiger partial charge in [-0.2, -0.15) is 0 Å². The Morgan fingerprint density at radius 1 is 0.674 bits per heavy atom. The molecule has 0 radical (unpaired) electrons. The summed E-state index contributed by atoms with van der Waals surface area (Å²) in [5.41, 5.74) is 3.19. The largest absolute Gasteiger partial charge is 0.478 e. The van der Waals surface area contributed by atoms with Gasteiger partial charge in [0.15, 0.2) is 0 Å². The van der Waals surface area contributed by atoms with E-state index in [1.54, 1.807) is 24.3 Å². The third-order valence-electron chi connectivity index (χ3n) is 7.21. The average Bonchev–Trinajstić information content (AvgIpc) is 3.60. The first-order chi connectivity index (χ1) is 20.6. The molecular formula is C33H34N4O6. The molecule has 10 nitrogen and oxygen atoms in total. The zero-order valence-electron chi connectivity index (χ0n) is 24.6. The van der Waals surface area contributed by atoms with Crippen molar-refractivity contribution in [3.63, 3.8) is 0 Å². The Hall–Kier alpha value is -4.93. The number of carboxylic acid groups (broad SMARTS) is 1. The molecule has 0 fully saturated rings. The van der Waals surface area contributed by atoms with Gasteiger partial charge in [0.1, 0.15) is 11.5 Å². The summed E-state index contributed by atoms with van der Waals surface area (Å²) in [6.07, 6.45) is 5.25. The first-order valence-electron chi connectivity index (χ1n) is 13.9. The lowest BCUT2D eigenvalue weighted by Crippen LogP contribution is -2.16. The van der Waals surface area contributed by atoms with E-state index in [2.05, 4.69) is 19.8 Å². The van der Waals surface area contributed by atoms with Gasteiger partial charge >= 0.3 is 17.9 Å². The quantitative estimate of drug-likeness (QED) is 0.147. The summed E-state index contributed by atoms with van der Waals surface area (Å²) >= 11 is 0. The molecule has 0 saturated carbocycles. The molecule has 222 valence electrons. The van der Waals surface area contributed by atoms with Crippen molar-refractivity contribution in [1.29, 1.82) is 0 Å². The summed E-state index contributed by atoms with van der Waals surface area (Å²) in [7, 11) is 7.93. The van der Waals surface area contributed by atoms with Crippen LogP contribution in [0.25, 0.3) is 21.8 Å². The minimum Gasteiger partial charge on any atom is -0.478 e. The van der Waals surface area contributed by atoms with Crippen molar-refractivity contribution in [1.82, 2.24) is 19.8 Å². The van der Waals surface area contributed by atoms with Crippen molar-refractivity contribution in [2.24, 2.45) is 0 Å². The first kappa shape index (κ1) is 29.6. The van der Waals surface area contributed by atoms with Crippen LogP contribution in [0, 0.1) is 0 Å². The normalized spacial score (nSPS) is 11.5. The smallest absolute Gasteiger partial charge is 0.343 e. The van der Waals surface area contributed by atoms with Gasteiger partial charge in [-0.05, 0) is 94.6 Å². The number of aromatic nitrogens is 2. The van der Waals surface area contributed by atoms with Gasteiger partial charge in [0.25, 0.3) is 0 Å². The maximum Gasteiger partial charge on any atom is 0.343 e. The Kier molecular flexibility index (Phi) is 8.61. The molecule has 3 aromatic carbocycles. The standard InChI is InChI=1S/C33H34N4O6/c1-36(2)13-11-20-18-34-25-7-5-9-27(29(20)25)42-32(40)23-15-22(31(38)39)16-24(17-23)33(41)43-28-10-6-8-26-30(28)21(19-35-26)12-14-37(3)4/h5-10,15-19,34-35H,11-14H2,1-4H3,(H,38,39). The molecule has 3 N–H and O–H groups in total. The number of nitrogens with one attached hydrogen (secondary N) is 2. The van der Waals surface area contributed by atoms with Crippen molar-refractivity contribution in [2.45, 2.75) is 12.8 Å². The molecule has 0 bridgehead atoms. The number of aromatic amines is 2. The number of benzene rings is 3. The lowest BCUT2D eigenvalue weighted by molar-refractivity contribution is 0.0697. The third kappa shape index (κ3) is 6.61. The van der Waals surface area contributed by atoms with Crippen LogP contribution in [0.3, 0.4) is 0 Å². The Morgan fingerprint density at radius 2 is 1.09 bits per heavy atom. The van der Waals surface area contributed by atoms with Gasteiger partial charge < -0.3 is 34.3 Å². The number of likely N-dealkylation sites (N-methyl/N-ethyl adjacent to an activating group) is 2. The topological polar surface area (TPSA) is 128 Å². The highest BCUT2D eigenvalue weighted by Gasteiger charge is 2.21. The van der Waals surface area contributed by atoms with Gasteiger partial charge in [0.05, 0.1) is 16.7 Å². The molecule has 2 aromatic heterocycles. The molecule has 0 saturated heterocycles. The van der Waals surface area contributed by atoms with Gasteiger partial charge in [-0.15, -0.1) is 0 Å². The SMILES string of the molecule is CN(C)CCc1c[nH]c2cccc(OC(=O)c3cc(C(=O)O)cc(C(=O)Oc4cccc5[nH]cc(CCN(C)C)c45)c3)c12. The molecule has 0 atom stereocenters. The van der Waals surface area contributed by atoms with Gasteiger partial charge in [-0.25, -0.2) is 14.4 Å². The van der Waals surface area contributed by atoms with E-state index in [0.717, 1.165) is 58.9 Å². The summed E-state index contributed by atoms with van der Waals surface area (Å²) in [6.45, 7) is 1.60. The highest BCUT2D eigenvalue weighted by Crippen LogP contribution is 2.32. The number of nitrogens with zero attached hydrogens (tertiary/aromatic N) is 2. The number of aromatic carboxylic acids is 1. The summed E-state index contributed by atoms with van der Waals surface area (Å²) in [6, 6.07) is 14.4. The Balaban J connectivity index is 1.44. The fourth-order valence-corrected chi connectivity index (χ4v) is 5.00. The van der Waals surface area contributed by atoms with Crippen LogP contribution in [-0.2, 0) is 12.8 Å². The maximum absolute atomic E-state index is 13.4. The summed E-state index contributed by atoms with van der Waals surface area (Å²) in [5, 5.41) is 11.3. The lowest BCUT2D eigenvalue weighted by Gasteiger charge is -2.12. The number of esters is 2. The monoisotopic (exact) mass is 582 g/mol. The number of carbonyl (C=O) groups is 3. The van der Waals surface area contributed by atoms with E-state index < -0.39 is 17.9 Å². The van der Waals surface area contributed by atoms with E-state index in [1.165, 1.54) is 18.2 Å². The summed E-state index contributed by atoms with van der Waals surface area (Å²) in [4.78, 5) is 49.3. The number of H-pyrrole nitrogens is 2. The van der Waals surface area contributed by atoms with E-state index in [-0.39, 0.29) is 16.7 Å². The highest BCUT2D eigenvalue weighted by atomic mass is 16.5. The average molecular weight is 583 g/mol. The number of hydrogen-bond acceptors (Lipinski definition) is 7. The Morgan fingerprint density at radius 3 is 1.49 bits per heavy atom. The molecule has 10 heteroatoms. The van der Waals surface area contributed by atoms with Gasteiger partial charge in [0, 0.05) is 47.3 Å². The van der Waals surface area contributed by atoms with Crippen molar-refractivity contribution in [3.8, 4) is 11.5 Å². The molecule has 5 rings (SSSR count). The van der Waals surface area contributed by atoms with Gasteiger partial charge in [0.2, 0.25) is 0 Å². The molecular weight excluding hydrogens is 548 g/mol. The molecule has 0 unspecified atom stereocenters. The van der Waals surface area contributed by atoms with Crippen LogP contribution in [0.2, 0.25) is 0 Å². The van der Waals surface area contributed by atoms with Crippen LogP contribution in [0.1, 0.15) is 42.2 Å². The minimum absolute atomic E-state index is 0.0826. The molecule has 0 amide bonds. The van der Waals surface area contributed by atoms with Crippen LogP contribution in [0.4, 0.5) is 0 Å². The Bertz CT molecular complexity index is 1690. The van der Waals surface area contributed by atoms with Crippen molar-refractivity contribution in [3.05, 3.63) is 94.8 Å². The number of fused-ring (bicyclic) bond motifs is 2. The van der Waals surface area contributed by atoms with Crippen molar-refractivity contribution in [2.75, 3.05) is 41.3 Å². The predicted octanol–water partition coefficient (Wildman–Crippen LogP) is 4.99. The van der Waals surface area contributed by atoms with Gasteiger partial charge in [-0.3, -0.25) is 0 Å². The van der Waals surface area contributed by atoms with E-state index in [9.17, 15) is 19.5 Å². The number of rotatable bonds is 11. The molecule has 0 aliphatic carbocycles. The van der Waals surface area contributed by atoms with Gasteiger partial charge in [-0.1, -0.05) is 12.1 Å². The minimum atomic E-state index is -1.29. The molecule has 43 heavy (non-hydrogen) atoms. The molecule has 0 spiro atoms. The molecule has 0 aliphatic heterocycles. The summed E-state index contributed by atoms with van der Waals surface area (Å²) in [5.74, 6) is -2.19. The second kappa shape index (κ2) is 12.5. The zero-order valence-corrected chi connectivity index (χ0v) is 24.6. The van der Waals surface area contributed by atoms with Crippen LogP contribution in [-0.4, -0.2) is 84.1 Å². The van der Waals surface area contributed by atoms with E-state index in [0.29, 0.717) is 11.5 Å². The van der Waals surface area contributed by atoms with E-state index in [4.69, 9.17) is 9.47 Å². The molecule has 0 aliphatic rings.